The molecule has 0 saturated heterocycles. The molecule has 0 saturated carbocycles. The molecule has 7 heteroatoms. The molecule has 0 spiro atoms. The molecule has 1 aromatic heterocycles. The predicted molar refractivity (Wildman–Crippen MR) is 105 cm³/mol. The van der Waals surface area contributed by atoms with Gasteiger partial charge < -0.3 is 5.32 Å². The van der Waals surface area contributed by atoms with Crippen LogP contribution in [-0.2, 0) is 10.0 Å². The quantitative estimate of drug-likeness (QED) is 0.734. The highest BCUT2D eigenvalue weighted by molar-refractivity contribution is 7.92. The van der Waals surface area contributed by atoms with Crippen molar-refractivity contribution in [3.05, 3.63) is 84.1 Å². The van der Waals surface area contributed by atoms with Gasteiger partial charge in [-0.1, -0.05) is 18.2 Å². The molecule has 0 atom stereocenters. The lowest BCUT2D eigenvalue weighted by Crippen LogP contribution is -2.26. The second kappa shape index (κ2) is 7.59. The minimum atomic E-state index is -3.71. The van der Waals surface area contributed by atoms with E-state index in [1.54, 1.807) is 36.5 Å². The highest BCUT2D eigenvalue weighted by Gasteiger charge is 2.21. The number of para-hydroxylation sites is 1. The maximum Gasteiger partial charge on any atom is 0.264 e. The van der Waals surface area contributed by atoms with Gasteiger partial charge in [-0.05, 0) is 61.0 Å². The normalized spacial score (nSPS) is 11.0. The van der Waals surface area contributed by atoms with Crippen molar-refractivity contribution < 1.29 is 13.2 Å². The Morgan fingerprint density at radius 3 is 2.30 bits per heavy atom. The van der Waals surface area contributed by atoms with E-state index >= 15 is 0 Å². The van der Waals surface area contributed by atoms with E-state index < -0.39 is 10.0 Å². The number of sulfonamides is 1. The number of nitrogens with zero attached hydrogens (tertiary/aromatic N) is 2. The van der Waals surface area contributed by atoms with Crippen molar-refractivity contribution >= 4 is 27.4 Å². The highest BCUT2D eigenvalue weighted by Crippen LogP contribution is 2.22. The first-order chi connectivity index (χ1) is 12.9. The summed E-state index contributed by atoms with van der Waals surface area (Å²) in [5, 5.41) is 2.70. The zero-order chi connectivity index (χ0) is 19.4. The van der Waals surface area contributed by atoms with Gasteiger partial charge in [0.1, 0.15) is 5.82 Å². The van der Waals surface area contributed by atoms with Crippen molar-refractivity contribution in [2.75, 3.05) is 16.7 Å². The molecule has 0 aliphatic heterocycles. The monoisotopic (exact) mass is 381 g/mol. The summed E-state index contributed by atoms with van der Waals surface area (Å²) in [6.45, 7) is 1.90. The number of pyridine rings is 1. The molecule has 1 N–H and O–H groups in total. The third-order valence-electron chi connectivity index (χ3n) is 4.05. The molecule has 27 heavy (non-hydrogen) atoms. The number of amides is 1. The first kappa shape index (κ1) is 18.6. The number of rotatable bonds is 5. The summed E-state index contributed by atoms with van der Waals surface area (Å²) in [5.41, 5.74) is 1.88. The summed E-state index contributed by atoms with van der Waals surface area (Å²) >= 11 is 0. The van der Waals surface area contributed by atoms with Gasteiger partial charge in [0.25, 0.3) is 15.9 Å². The van der Waals surface area contributed by atoms with E-state index in [1.165, 1.54) is 35.6 Å². The summed E-state index contributed by atoms with van der Waals surface area (Å²) < 4.78 is 26.7. The van der Waals surface area contributed by atoms with Crippen molar-refractivity contribution in [1.82, 2.24) is 4.98 Å². The van der Waals surface area contributed by atoms with Gasteiger partial charge in [0, 0.05) is 18.8 Å². The van der Waals surface area contributed by atoms with E-state index in [2.05, 4.69) is 10.3 Å². The Morgan fingerprint density at radius 1 is 1.00 bits per heavy atom. The van der Waals surface area contributed by atoms with Crippen molar-refractivity contribution in [1.29, 1.82) is 0 Å². The third kappa shape index (κ3) is 4.15. The minimum absolute atomic E-state index is 0.110. The van der Waals surface area contributed by atoms with Gasteiger partial charge in [-0.15, -0.1) is 0 Å². The Labute approximate surface area is 158 Å². The highest BCUT2D eigenvalue weighted by atomic mass is 32.2. The predicted octanol–water partition coefficient (Wildman–Crippen LogP) is 3.47. The molecular formula is C20H19N3O3S. The minimum Gasteiger partial charge on any atom is -0.307 e. The first-order valence-electron chi connectivity index (χ1n) is 8.26. The van der Waals surface area contributed by atoms with Gasteiger partial charge in [-0.2, -0.15) is 0 Å². The summed E-state index contributed by atoms with van der Waals surface area (Å²) in [6.07, 6.45) is 1.61. The summed E-state index contributed by atoms with van der Waals surface area (Å²) in [6, 6.07) is 18.2. The maximum absolute atomic E-state index is 12.8. The molecule has 3 rings (SSSR count). The maximum atomic E-state index is 12.8. The molecule has 6 nitrogen and oxygen atoms in total. The van der Waals surface area contributed by atoms with Crippen LogP contribution in [0.3, 0.4) is 0 Å². The topological polar surface area (TPSA) is 79.4 Å². The van der Waals surface area contributed by atoms with Crippen LogP contribution < -0.4 is 9.62 Å². The van der Waals surface area contributed by atoms with Crippen LogP contribution in [0, 0.1) is 6.92 Å². The van der Waals surface area contributed by atoms with Gasteiger partial charge in [0.15, 0.2) is 0 Å². The Hall–Kier alpha value is -3.19. The van der Waals surface area contributed by atoms with E-state index in [0.717, 1.165) is 5.56 Å². The zero-order valence-corrected chi connectivity index (χ0v) is 15.8. The van der Waals surface area contributed by atoms with Crippen molar-refractivity contribution in [2.45, 2.75) is 11.8 Å². The van der Waals surface area contributed by atoms with Crippen LogP contribution in [0.4, 0.5) is 11.5 Å². The molecule has 0 fully saturated rings. The number of carbonyl (C=O) groups excluding carboxylic acids is 1. The van der Waals surface area contributed by atoms with Crippen molar-refractivity contribution in [3.63, 3.8) is 0 Å². The smallest absolute Gasteiger partial charge is 0.264 e. The number of benzene rings is 2. The summed E-state index contributed by atoms with van der Waals surface area (Å²) in [5.74, 6) is 0.0916. The molecule has 0 unspecified atom stereocenters. The molecule has 0 bridgehead atoms. The van der Waals surface area contributed by atoms with Crippen LogP contribution in [-0.4, -0.2) is 26.4 Å². The Kier molecular flexibility index (Phi) is 5.23. The molecule has 0 aliphatic rings. The number of hydrogen-bond donors (Lipinski definition) is 1. The Balaban J connectivity index is 1.79. The van der Waals surface area contributed by atoms with Crippen LogP contribution in [0.1, 0.15) is 15.9 Å². The van der Waals surface area contributed by atoms with E-state index in [1.807, 2.05) is 19.1 Å². The van der Waals surface area contributed by atoms with E-state index in [9.17, 15) is 13.2 Å². The average molecular weight is 381 g/mol. The number of anilines is 2. The van der Waals surface area contributed by atoms with Crippen LogP contribution in [0.2, 0.25) is 0 Å². The molecule has 1 heterocycles. The Morgan fingerprint density at radius 2 is 1.67 bits per heavy atom. The van der Waals surface area contributed by atoms with Crippen LogP contribution in [0.15, 0.2) is 77.8 Å². The van der Waals surface area contributed by atoms with E-state index in [0.29, 0.717) is 17.1 Å². The number of aryl methyl sites for hydroxylation is 1. The molecule has 1 amide bonds. The number of nitrogens with one attached hydrogen (secondary N) is 1. The van der Waals surface area contributed by atoms with Gasteiger partial charge in [0.2, 0.25) is 0 Å². The largest absolute Gasteiger partial charge is 0.307 e. The lowest BCUT2D eigenvalue weighted by atomic mass is 10.2. The first-order valence-corrected chi connectivity index (χ1v) is 9.70. The Bertz CT molecular complexity index is 1050. The van der Waals surface area contributed by atoms with Crippen LogP contribution >= 0.6 is 0 Å². The van der Waals surface area contributed by atoms with Crippen LogP contribution in [0.5, 0.6) is 0 Å². The SMILES string of the molecule is Cc1ccnc(NC(=O)c2ccc(S(=O)(=O)N(C)c3ccccc3)cc2)c1. The van der Waals surface area contributed by atoms with Crippen LogP contribution in [0.25, 0.3) is 0 Å². The average Bonchev–Trinajstić information content (AvgIpc) is 2.68. The number of aromatic nitrogens is 1. The molecule has 3 aromatic rings. The van der Waals surface area contributed by atoms with Gasteiger partial charge in [-0.3, -0.25) is 9.10 Å². The second-order valence-corrected chi connectivity index (χ2v) is 7.97. The second-order valence-electron chi connectivity index (χ2n) is 6.01. The lowest BCUT2D eigenvalue weighted by Gasteiger charge is -2.19. The zero-order valence-electron chi connectivity index (χ0n) is 15.0. The lowest BCUT2D eigenvalue weighted by molar-refractivity contribution is 0.102. The molecule has 0 aliphatic carbocycles. The number of carbonyl (C=O) groups is 1. The van der Waals surface area contributed by atoms with Gasteiger partial charge in [0.05, 0.1) is 10.6 Å². The molecule has 0 radical (unpaired) electrons. The molecule has 138 valence electrons. The fraction of sp³-hybridized carbons (Fsp3) is 0.100. The summed E-state index contributed by atoms with van der Waals surface area (Å²) in [4.78, 5) is 16.5. The van der Waals surface area contributed by atoms with Gasteiger partial charge >= 0.3 is 0 Å². The van der Waals surface area contributed by atoms with Gasteiger partial charge in [-0.25, -0.2) is 13.4 Å². The molecular weight excluding hydrogens is 362 g/mol. The standard InChI is InChI=1S/C20H19N3O3S/c1-15-12-13-21-19(14-15)22-20(24)16-8-10-18(11-9-16)27(25,26)23(2)17-6-4-3-5-7-17/h3-14H,1-2H3,(H,21,22,24). The third-order valence-corrected chi connectivity index (χ3v) is 5.85. The van der Waals surface area contributed by atoms with E-state index in [-0.39, 0.29) is 10.8 Å². The fourth-order valence-corrected chi connectivity index (χ4v) is 3.70. The summed E-state index contributed by atoms with van der Waals surface area (Å²) in [7, 11) is -2.21. The van der Waals surface area contributed by atoms with E-state index in [4.69, 9.17) is 0 Å². The van der Waals surface area contributed by atoms with Crippen molar-refractivity contribution in [3.8, 4) is 0 Å². The molecule has 2 aromatic carbocycles. The fourth-order valence-electron chi connectivity index (χ4n) is 2.51. The van der Waals surface area contributed by atoms with Crippen molar-refractivity contribution in [2.24, 2.45) is 0 Å². The number of hydrogen-bond acceptors (Lipinski definition) is 4.